The predicted molar refractivity (Wildman–Crippen MR) is 110 cm³/mol. The number of carbonyl (C=O) groups excluding carboxylic acids is 1. The number of ketones is 1. The molecule has 0 bridgehead atoms. The van der Waals surface area contributed by atoms with Gasteiger partial charge in [-0.1, -0.05) is 35.3 Å². The van der Waals surface area contributed by atoms with Crippen LogP contribution in [0.3, 0.4) is 0 Å². The lowest BCUT2D eigenvalue weighted by Crippen LogP contribution is -2.31. The van der Waals surface area contributed by atoms with Crippen LogP contribution in [0, 0.1) is 0 Å². The fourth-order valence-electron chi connectivity index (χ4n) is 3.86. The molecule has 5 rings (SSSR count). The Labute approximate surface area is 170 Å². The summed E-state index contributed by atoms with van der Waals surface area (Å²) < 4.78 is 1.90. The number of nitrogens with one attached hydrogen (secondary N) is 1. The van der Waals surface area contributed by atoms with E-state index < -0.39 is 0 Å². The van der Waals surface area contributed by atoms with Gasteiger partial charge in [0.15, 0.2) is 5.78 Å². The molecule has 136 valence electrons. The molecule has 1 atom stereocenters. The highest BCUT2D eigenvalue weighted by molar-refractivity contribution is 7.13. The van der Waals surface area contributed by atoms with Crippen LogP contribution in [0.15, 0.2) is 53.2 Å². The minimum absolute atomic E-state index is 0.165. The van der Waals surface area contributed by atoms with Gasteiger partial charge in [0.25, 0.3) is 0 Å². The number of anilines is 1. The van der Waals surface area contributed by atoms with Crippen molar-refractivity contribution < 1.29 is 4.79 Å². The minimum Gasteiger partial charge on any atom is -0.343 e. The third-order valence-corrected chi connectivity index (χ3v) is 6.73. The van der Waals surface area contributed by atoms with Crippen molar-refractivity contribution in [3.8, 4) is 10.4 Å². The van der Waals surface area contributed by atoms with Crippen molar-refractivity contribution >= 4 is 46.1 Å². The van der Waals surface area contributed by atoms with Gasteiger partial charge in [0.1, 0.15) is 11.9 Å². The van der Waals surface area contributed by atoms with E-state index in [1.54, 1.807) is 17.4 Å². The zero-order valence-electron chi connectivity index (χ0n) is 14.2. The Kier molecular flexibility index (Phi) is 4.11. The molecule has 3 heterocycles. The molecule has 0 amide bonds. The lowest BCUT2D eigenvalue weighted by Gasteiger charge is -2.33. The number of hydrogen-bond acceptors (Lipinski definition) is 4. The summed E-state index contributed by atoms with van der Waals surface area (Å²) in [6, 6.07) is 9.34. The van der Waals surface area contributed by atoms with Crippen molar-refractivity contribution in [3.05, 3.63) is 68.8 Å². The molecule has 1 aromatic carbocycles. The molecule has 0 fully saturated rings. The van der Waals surface area contributed by atoms with E-state index in [9.17, 15) is 4.79 Å². The number of nitrogens with zero attached hydrogens (tertiary/aromatic N) is 2. The number of rotatable bonds is 2. The monoisotopic (exact) mass is 415 g/mol. The average Bonchev–Trinajstić information content (AvgIpc) is 3.32. The number of halogens is 2. The smallest absolute Gasteiger partial charge is 0.163 e. The number of aromatic nitrogens is 2. The first-order valence-electron chi connectivity index (χ1n) is 8.73. The summed E-state index contributed by atoms with van der Waals surface area (Å²) in [7, 11) is 0. The number of thiophene rings is 1. The molecule has 0 spiro atoms. The van der Waals surface area contributed by atoms with Crippen LogP contribution in [0.1, 0.15) is 30.9 Å². The Balaban J connectivity index is 1.73. The molecule has 0 saturated carbocycles. The normalized spacial score (nSPS) is 18.9. The Morgan fingerprint density at radius 3 is 2.85 bits per heavy atom. The summed E-state index contributed by atoms with van der Waals surface area (Å²) in [5.74, 6) is 1.08. The number of benzene rings is 1. The largest absolute Gasteiger partial charge is 0.343 e. The zero-order valence-corrected chi connectivity index (χ0v) is 16.5. The predicted octanol–water partition coefficient (Wildman–Crippen LogP) is 5.94. The van der Waals surface area contributed by atoms with E-state index in [2.05, 4.69) is 16.5 Å². The molecule has 2 aromatic heterocycles. The van der Waals surface area contributed by atoms with Crippen LogP contribution >= 0.6 is 34.5 Å². The molecule has 3 aromatic rings. The van der Waals surface area contributed by atoms with Crippen molar-refractivity contribution in [2.45, 2.75) is 25.3 Å². The number of allylic oxidation sites excluding steroid dienone is 2. The van der Waals surface area contributed by atoms with E-state index in [1.165, 1.54) is 0 Å². The lowest BCUT2D eigenvalue weighted by atomic mass is 9.85. The minimum atomic E-state index is -0.299. The third kappa shape index (κ3) is 2.73. The van der Waals surface area contributed by atoms with Gasteiger partial charge in [-0.3, -0.25) is 4.79 Å². The van der Waals surface area contributed by atoms with E-state index in [4.69, 9.17) is 23.2 Å². The van der Waals surface area contributed by atoms with Crippen molar-refractivity contribution in [3.63, 3.8) is 0 Å². The second-order valence-corrected chi connectivity index (χ2v) is 8.46. The topological polar surface area (TPSA) is 46.9 Å². The van der Waals surface area contributed by atoms with Crippen molar-refractivity contribution in [1.29, 1.82) is 0 Å². The van der Waals surface area contributed by atoms with E-state index in [1.807, 2.05) is 34.5 Å². The summed E-state index contributed by atoms with van der Waals surface area (Å²) in [6.07, 6.45) is 4.14. The van der Waals surface area contributed by atoms with Crippen LogP contribution in [0.2, 0.25) is 10.0 Å². The molecule has 1 N–H and O–H groups in total. The maximum atomic E-state index is 12.8. The maximum absolute atomic E-state index is 12.8. The van der Waals surface area contributed by atoms with Gasteiger partial charge in [-0.2, -0.15) is 5.10 Å². The summed E-state index contributed by atoms with van der Waals surface area (Å²) in [5, 5.41) is 11.2. The molecule has 0 saturated heterocycles. The maximum Gasteiger partial charge on any atom is 0.163 e. The standard InChI is InChI=1S/C20H15Cl2N3OS/c21-13-7-6-11(9-14(13)22)19-18-15(3-1-4-16(18)26)24-20-12(10-23-25(19)20)17-5-2-8-27-17/h2,5-10,19,24H,1,3-4H2/t19-/m1/s1. The summed E-state index contributed by atoms with van der Waals surface area (Å²) in [6.45, 7) is 0. The Bertz CT molecular complexity index is 1080. The van der Waals surface area contributed by atoms with Crippen LogP contribution in [0.25, 0.3) is 10.4 Å². The zero-order chi connectivity index (χ0) is 18.5. The van der Waals surface area contributed by atoms with E-state index in [0.717, 1.165) is 45.9 Å². The first-order valence-corrected chi connectivity index (χ1v) is 10.4. The number of hydrogen-bond donors (Lipinski definition) is 1. The number of carbonyl (C=O) groups is 1. The van der Waals surface area contributed by atoms with Gasteiger partial charge in [0.2, 0.25) is 0 Å². The fourth-order valence-corrected chi connectivity index (χ4v) is 4.90. The Morgan fingerprint density at radius 2 is 2.07 bits per heavy atom. The molecule has 27 heavy (non-hydrogen) atoms. The second kappa shape index (κ2) is 6.51. The highest BCUT2D eigenvalue weighted by Gasteiger charge is 2.37. The SMILES string of the molecule is O=C1CCCC2=C1[C@@H](c1ccc(Cl)c(Cl)c1)n1ncc(-c3cccs3)c1N2. The lowest BCUT2D eigenvalue weighted by molar-refractivity contribution is -0.116. The Morgan fingerprint density at radius 1 is 1.19 bits per heavy atom. The summed E-state index contributed by atoms with van der Waals surface area (Å²) in [4.78, 5) is 14.0. The molecule has 1 aliphatic carbocycles. The number of fused-ring (bicyclic) bond motifs is 1. The fraction of sp³-hybridized carbons (Fsp3) is 0.200. The van der Waals surface area contributed by atoms with Gasteiger partial charge in [0.05, 0.1) is 21.8 Å². The van der Waals surface area contributed by atoms with Crippen molar-refractivity contribution in [1.82, 2.24) is 9.78 Å². The molecule has 2 aliphatic rings. The molecule has 4 nitrogen and oxygen atoms in total. The molecule has 0 unspecified atom stereocenters. The highest BCUT2D eigenvalue weighted by Crippen LogP contribution is 2.45. The second-order valence-electron chi connectivity index (χ2n) is 6.70. The van der Waals surface area contributed by atoms with Crippen LogP contribution in [-0.2, 0) is 4.79 Å². The first-order chi connectivity index (χ1) is 13.1. The highest BCUT2D eigenvalue weighted by atomic mass is 35.5. The van der Waals surface area contributed by atoms with Gasteiger partial charge in [-0.15, -0.1) is 11.3 Å². The van der Waals surface area contributed by atoms with Gasteiger partial charge in [-0.05, 0) is 42.0 Å². The van der Waals surface area contributed by atoms with Gasteiger partial charge >= 0.3 is 0 Å². The summed E-state index contributed by atoms with van der Waals surface area (Å²) in [5.41, 5.74) is 3.73. The van der Waals surface area contributed by atoms with Gasteiger partial charge in [0, 0.05) is 22.6 Å². The van der Waals surface area contributed by atoms with Gasteiger partial charge < -0.3 is 5.32 Å². The molecule has 0 radical (unpaired) electrons. The van der Waals surface area contributed by atoms with Gasteiger partial charge in [-0.25, -0.2) is 4.68 Å². The Hall–Kier alpha value is -2.08. The van der Waals surface area contributed by atoms with E-state index in [-0.39, 0.29) is 11.8 Å². The van der Waals surface area contributed by atoms with Crippen molar-refractivity contribution in [2.24, 2.45) is 0 Å². The molecule has 1 aliphatic heterocycles. The van der Waals surface area contributed by atoms with Crippen LogP contribution in [0.4, 0.5) is 5.82 Å². The summed E-state index contributed by atoms with van der Waals surface area (Å²) >= 11 is 14.1. The van der Waals surface area contributed by atoms with Crippen LogP contribution in [-0.4, -0.2) is 15.6 Å². The molecule has 7 heteroatoms. The quantitative estimate of drug-likeness (QED) is 0.562. The van der Waals surface area contributed by atoms with E-state index >= 15 is 0 Å². The first kappa shape index (κ1) is 17.0. The van der Waals surface area contributed by atoms with Crippen molar-refractivity contribution in [2.75, 3.05) is 5.32 Å². The molecular weight excluding hydrogens is 401 g/mol. The van der Waals surface area contributed by atoms with Crippen LogP contribution in [0.5, 0.6) is 0 Å². The van der Waals surface area contributed by atoms with E-state index in [0.29, 0.717) is 16.5 Å². The number of Topliss-reactive ketones (excluding diaryl/α,β-unsaturated/α-hetero) is 1. The third-order valence-electron chi connectivity index (χ3n) is 5.08. The average molecular weight is 416 g/mol. The van der Waals surface area contributed by atoms with Crippen LogP contribution < -0.4 is 5.32 Å². The molecular formula is C20H15Cl2N3OS.